The van der Waals surface area contributed by atoms with Gasteiger partial charge in [0, 0.05) is 17.3 Å². The standard InChI is InChI=1S/C33H30N4O2/c1-20-12-16-25(17-13-20)36-32(38)29(22(3)34-36)31(28-11-7-9-24-8-5-6-10-27(24)28)30-23(4)35-37(33(30)39)26-18-14-21(2)15-19-26/h5-19,29-31H,1-4H3. The highest BCUT2D eigenvalue weighted by Gasteiger charge is 2.50. The van der Waals surface area contributed by atoms with Crippen molar-refractivity contribution >= 4 is 45.4 Å². The molecule has 0 N–H and O–H groups in total. The van der Waals surface area contributed by atoms with Gasteiger partial charge in [-0.25, -0.2) is 10.0 Å². The van der Waals surface area contributed by atoms with Crippen molar-refractivity contribution in [3.05, 3.63) is 108 Å². The molecule has 4 aromatic carbocycles. The van der Waals surface area contributed by atoms with Crippen LogP contribution in [-0.2, 0) is 9.59 Å². The lowest BCUT2D eigenvalue weighted by Gasteiger charge is -2.29. The van der Waals surface area contributed by atoms with Crippen molar-refractivity contribution in [3.8, 4) is 0 Å². The van der Waals surface area contributed by atoms with E-state index in [1.165, 1.54) is 10.0 Å². The third kappa shape index (κ3) is 4.22. The second-order valence-electron chi connectivity index (χ2n) is 10.5. The van der Waals surface area contributed by atoms with E-state index in [0.29, 0.717) is 22.8 Å². The molecule has 2 aliphatic heterocycles. The molecular formula is C33H30N4O2. The first-order valence-corrected chi connectivity index (χ1v) is 13.2. The number of amides is 2. The molecule has 39 heavy (non-hydrogen) atoms. The molecule has 2 atom stereocenters. The first kappa shape index (κ1) is 24.7. The Labute approximate surface area is 228 Å². The van der Waals surface area contributed by atoms with E-state index in [4.69, 9.17) is 10.2 Å². The molecule has 2 amide bonds. The van der Waals surface area contributed by atoms with Gasteiger partial charge < -0.3 is 0 Å². The van der Waals surface area contributed by atoms with Crippen LogP contribution in [-0.4, -0.2) is 23.2 Å². The molecule has 4 aromatic rings. The highest BCUT2D eigenvalue weighted by atomic mass is 16.2. The lowest BCUT2D eigenvalue weighted by molar-refractivity contribution is -0.122. The fourth-order valence-corrected chi connectivity index (χ4v) is 5.82. The van der Waals surface area contributed by atoms with E-state index in [9.17, 15) is 9.59 Å². The summed E-state index contributed by atoms with van der Waals surface area (Å²) in [5.74, 6) is -1.98. The van der Waals surface area contributed by atoms with Crippen LogP contribution in [0.2, 0.25) is 0 Å². The molecule has 0 aliphatic carbocycles. The number of benzene rings is 4. The zero-order valence-corrected chi connectivity index (χ0v) is 22.5. The molecular weight excluding hydrogens is 484 g/mol. The van der Waals surface area contributed by atoms with Gasteiger partial charge in [-0.1, -0.05) is 77.9 Å². The Kier molecular flexibility index (Phi) is 6.10. The Morgan fingerprint density at radius 2 is 1.05 bits per heavy atom. The fraction of sp³-hybridized carbons (Fsp3) is 0.212. The van der Waals surface area contributed by atoms with Crippen LogP contribution in [0.1, 0.15) is 36.5 Å². The number of rotatable bonds is 5. The zero-order chi connectivity index (χ0) is 27.3. The number of carbonyl (C=O) groups is 2. The summed E-state index contributed by atoms with van der Waals surface area (Å²) in [7, 11) is 0. The Balaban J connectivity index is 1.48. The molecule has 0 radical (unpaired) electrons. The normalized spacial score (nSPS) is 20.0. The maximum atomic E-state index is 14.2. The predicted octanol–water partition coefficient (Wildman–Crippen LogP) is 6.62. The number of hydrogen-bond acceptors (Lipinski definition) is 4. The summed E-state index contributed by atoms with van der Waals surface area (Å²) in [6, 6.07) is 29.7. The molecule has 0 aromatic heterocycles. The van der Waals surface area contributed by atoms with Crippen LogP contribution in [0.4, 0.5) is 11.4 Å². The van der Waals surface area contributed by atoms with Crippen molar-refractivity contribution < 1.29 is 9.59 Å². The van der Waals surface area contributed by atoms with Gasteiger partial charge >= 0.3 is 0 Å². The van der Waals surface area contributed by atoms with Crippen LogP contribution in [0.3, 0.4) is 0 Å². The molecule has 6 nitrogen and oxygen atoms in total. The van der Waals surface area contributed by atoms with Crippen molar-refractivity contribution in [2.75, 3.05) is 10.0 Å². The maximum Gasteiger partial charge on any atom is 0.256 e. The topological polar surface area (TPSA) is 65.3 Å². The minimum absolute atomic E-state index is 0.135. The highest BCUT2D eigenvalue weighted by molar-refractivity contribution is 6.20. The molecule has 2 unspecified atom stereocenters. The summed E-state index contributed by atoms with van der Waals surface area (Å²) >= 11 is 0. The smallest absolute Gasteiger partial charge is 0.256 e. The van der Waals surface area contributed by atoms with Crippen LogP contribution in [0.15, 0.2) is 101 Å². The highest BCUT2D eigenvalue weighted by Crippen LogP contribution is 2.44. The quantitative estimate of drug-likeness (QED) is 0.300. The van der Waals surface area contributed by atoms with Gasteiger partial charge in [0.2, 0.25) is 0 Å². The van der Waals surface area contributed by atoms with Crippen molar-refractivity contribution in [1.29, 1.82) is 0 Å². The van der Waals surface area contributed by atoms with Crippen molar-refractivity contribution in [2.24, 2.45) is 22.0 Å². The Hall–Kier alpha value is -4.58. The molecule has 194 valence electrons. The second-order valence-corrected chi connectivity index (χ2v) is 10.5. The van der Waals surface area contributed by atoms with E-state index >= 15 is 0 Å². The average molecular weight is 515 g/mol. The third-order valence-corrected chi connectivity index (χ3v) is 7.82. The van der Waals surface area contributed by atoms with Gasteiger partial charge in [0.1, 0.15) is 0 Å². The molecule has 6 heteroatoms. The lowest BCUT2D eigenvalue weighted by atomic mass is 9.72. The van der Waals surface area contributed by atoms with Gasteiger partial charge in [-0.2, -0.15) is 10.2 Å². The SMILES string of the molecule is CC1=NN(c2ccc(C)cc2)C(=O)C1C(c1cccc2ccccc12)C1C(=O)N(c2ccc(C)cc2)N=C1C. The molecule has 0 bridgehead atoms. The first-order valence-electron chi connectivity index (χ1n) is 13.2. The molecule has 0 saturated carbocycles. The Morgan fingerprint density at radius 3 is 1.56 bits per heavy atom. The van der Waals surface area contributed by atoms with Crippen LogP contribution in [0.25, 0.3) is 10.8 Å². The van der Waals surface area contributed by atoms with E-state index in [1.54, 1.807) is 0 Å². The van der Waals surface area contributed by atoms with E-state index in [1.807, 2.05) is 100 Å². The van der Waals surface area contributed by atoms with E-state index in [0.717, 1.165) is 27.5 Å². The van der Waals surface area contributed by atoms with Gasteiger partial charge in [-0.15, -0.1) is 0 Å². The number of hydrazone groups is 2. The van der Waals surface area contributed by atoms with E-state index in [2.05, 4.69) is 18.2 Å². The summed E-state index contributed by atoms with van der Waals surface area (Å²) in [5.41, 5.74) is 5.97. The molecule has 0 fully saturated rings. The Bertz CT molecular complexity index is 1560. The van der Waals surface area contributed by atoms with Gasteiger partial charge in [0.15, 0.2) is 0 Å². The third-order valence-electron chi connectivity index (χ3n) is 7.82. The zero-order valence-electron chi connectivity index (χ0n) is 22.5. The second kappa shape index (κ2) is 9.62. The summed E-state index contributed by atoms with van der Waals surface area (Å²) in [5, 5.41) is 14.5. The first-order chi connectivity index (χ1) is 18.8. The molecule has 6 rings (SSSR count). The molecule has 0 spiro atoms. The van der Waals surface area contributed by atoms with Crippen molar-refractivity contribution in [3.63, 3.8) is 0 Å². The summed E-state index contributed by atoms with van der Waals surface area (Å²) < 4.78 is 0. The number of anilines is 2. The van der Waals surface area contributed by atoms with Crippen LogP contribution in [0, 0.1) is 25.7 Å². The van der Waals surface area contributed by atoms with Crippen LogP contribution >= 0.6 is 0 Å². The van der Waals surface area contributed by atoms with Crippen LogP contribution in [0.5, 0.6) is 0 Å². The molecule has 2 heterocycles. The van der Waals surface area contributed by atoms with Gasteiger partial charge in [0.05, 0.1) is 23.2 Å². The Morgan fingerprint density at radius 1 is 0.590 bits per heavy atom. The number of fused-ring (bicyclic) bond motifs is 1. The van der Waals surface area contributed by atoms with E-state index < -0.39 is 17.8 Å². The van der Waals surface area contributed by atoms with Gasteiger partial charge in [-0.3, -0.25) is 9.59 Å². The van der Waals surface area contributed by atoms with Gasteiger partial charge in [0.25, 0.3) is 11.8 Å². The summed E-state index contributed by atoms with van der Waals surface area (Å²) in [6.07, 6.45) is 0. The summed E-state index contributed by atoms with van der Waals surface area (Å²) in [4.78, 5) is 28.3. The van der Waals surface area contributed by atoms with Crippen LogP contribution < -0.4 is 10.0 Å². The van der Waals surface area contributed by atoms with Crippen molar-refractivity contribution in [2.45, 2.75) is 33.6 Å². The lowest BCUT2D eigenvalue weighted by Crippen LogP contribution is -2.40. The molecule has 2 aliphatic rings. The van der Waals surface area contributed by atoms with E-state index in [-0.39, 0.29) is 11.8 Å². The average Bonchev–Trinajstić information content (AvgIpc) is 3.40. The largest absolute Gasteiger partial charge is 0.272 e. The number of hydrogen-bond donors (Lipinski definition) is 0. The summed E-state index contributed by atoms with van der Waals surface area (Å²) in [6.45, 7) is 7.80. The number of nitrogens with zero attached hydrogens (tertiary/aromatic N) is 4. The predicted molar refractivity (Wildman–Crippen MR) is 157 cm³/mol. The fourth-order valence-electron chi connectivity index (χ4n) is 5.82. The minimum Gasteiger partial charge on any atom is -0.272 e. The maximum absolute atomic E-state index is 14.2. The van der Waals surface area contributed by atoms with Gasteiger partial charge in [-0.05, 0) is 68.3 Å². The molecule has 0 saturated heterocycles. The van der Waals surface area contributed by atoms with Crippen molar-refractivity contribution in [1.82, 2.24) is 0 Å². The minimum atomic E-state index is -0.617. The monoisotopic (exact) mass is 514 g/mol. The number of carbonyl (C=O) groups excluding carboxylic acids is 2. The number of aryl methyl sites for hydroxylation is 2.